The van der Waals surface area contributed by atoms with Crippen molar-refractivity contribution in [1.82, 2.24) is 20.5 Å². The van der Waals surface area contributed by atoms with Gasteiger partial charge in [-0.15, -0.1) is 11.3 Å². The van der Waals surface area contributed by atoms with Gasteiger partial charge in [0.2, 0.25) is 0 Å². The zero-order chi connectivity index (χ0) is 34.4. The number of rotatable bonds is 12. The Bertz CT molecular complexity index is 1700. The van der Waals surface area contributed by atoms with Crippen molar-refractivity contribution in [3.8, 4) is 0 Å². The van der Waals surface area contributed by atoms with Gasteiger partial charge in [0.1, 0.15) is 5.01 Å². The highest BCUT2D eigenvalue weighted by Crippen LogP contribution is 2.35. The van der Waals surface area contributed by atoms with E-state index in [4.69, 9.17) is 0 Å². The van der Waals surface area contributed by atoms with Crippen LogP contribution in [0.15, 0.2) is 78.2 Å². The van der Waals surface area contributed by atoms with Gasteiger partial charge in [-0.2, -0.15) is 0 Å². The molecule has 254 valence electrons. The molecule has 1 aromatic heterocycles. The summed E-state index contributed by atoms with van der Waals surface area (Å²) in [4.78, 5) is 36.4. The van der Waals surface area contributed by atoms with Gasteiger partial charge in [0.05, 0.1) is 18.2 Å². The Labute approximate surface area is 289 Å². The van der Waals surface area contributed by atoms with Gasteiger partial charge in [0.25, 0.3) is 11.8 Å². The second-order valence-corrected chi connectivity index (χ2v) is 15.0. The summed E-state index contributed by atoms with van der Waals surface area (Å²) >= 11 is 1.59. The van der Waals surface area contributed by atoms with E-state index >= 15 is 0 Å². The number of aliphatic hydroxyl groups excluding tert-OH is 1. The molecule has 4 aromatic rings. The number of aryl methyl sites for hydroxylation is 1. The Kier molecular flexibility index (Phi) is 11.3. The van der Waals surface area contributed by atoms with Gasteiger partial charge in [-0.05, 0) is 66.5 Å². The summed E-state index contributed by atoms with van der Waals surface area (Å²) < 4.78 is 0. The number of nitrogens with zero attached hydrogens (tertiary/aromatic N) is 3. The molecule has 0 saturated carbocycles. The Morgan fingerprint density at radius 1 is 1.02 bits per heavy atom. The molecule has 48 heavy (non-hydrogen) atoms. The highest BCUT2D eigenvalue weighted by atomic mass is 32.1. The van der Waals surface area contributed by atoms with Crippen molar-refractivity contribution < 1.29 is 14.7 Å². The van der Waals surface area contributed by atoms with E-state index in [0.717, 1.165) is 40.4 Å². The lowest BCUT2D eigenvalue weighted by Gasteiger charge is -2.26. The number of nitrogens with one attached hydrogen (secondary N) is 2. The Morgan fingerprint density at radius 2 is 1.75 bits per heavy atom. The number of benzene rings is 3. The molecule has 8 nitrogen and oxygen atoms in total. The molecular formula is C39H49N5O3S. The van der Waals surface area contributed by atoms with Crippen LogP contribution in [0.4, 0.5) is 5.69 Å². The Hall–Kier alpha value is -4.05. The van der Waals surface area contributed by atoms with Crippen molar-refractivity contribution in [2.75, 3.05) is 32.1 Å². The zero-order valence-electron chi connectivity index (χ0n) is 29.0. The second-order valence-electron chi connectivity index (χ2n) is 14.1. The van der Waals surface area contributed by atoms with Crippen molar-refractivity contribution in [3.63, 3.8) is 0 Å². The molecule has 2 heterocycles. The first-order valence-electron chi connectivity index (χ1n) is 16.8. The summed E-state index contributed by atoms with van der Waals surface area (Å²) in [7, 11) is 3.79. The van der Waals surface area contributed by atoms with Gasteiger partial charge in [-0.3, -0.25) is 9.59 Å². The van der Waals surface area contributed by atoms with Gasteiger partial charge < -0.3 is 25.5 Å². The predicted octanol–water partition coefficient (Wildman–Crippen LogP) is 6.28. The normalized spacial score (nSPS) is 16.1. The molecule has 1 aliphatic heterocycles. The van der Waals surface area contributed by atoms with Crippen molar-refractivity contribution in [1.29, 1.82) is 0 Å². The van der Waals surface area contributed by atoms with Gasteiger partial charge in [0, 0.05) is 61.6 Å². The molecule has 1 saturated heterocycles. The minimum atomic E-state index is -0.856. The highest BCUT2D eigenvalue weighted by Gasteiger charge is 2.33. The van der Waals surface area contributed by atoms with Crippen molar-refractivity contribution in [2.45, 2.75) is 77.1 Å². The van der Waals surface area contributed by atoms with Crippen LogP contribution in [0.3, 0.4) is 0 Å². The topological polar surface area (TPSA) is 97.8 Å². The first-order chi connectivity index (χ1) is 22.9. The van der Waals surface area contributed by atoms with Gasteiger partial charge in [-0.25, -0.2) is 4.98 Å². The third-order valence-corrected chi connectivity index (χ3v) is 10.00. The van der Waals surface area contributed by atoms with Crippen molar-refractivity contribution in [3.05, 3.63) is 117 Å². The van der Waals surface area contributed by atoms with Gasteiger partial charge in [0.15, 0.2) is 0 Å². The number of hydrogen-bond donors (Lipinski definition) is 3. The smallest absolute Gasteiger partial charge is 0.254 e. The Balaban J connectivity index is 1.34. The fourth-order valence-electron chi connectivity index (χ4n) is 6.14. The van der Waals surface area contributed by atoms with Crippen LogP contribution in [-0.4, -0.2) is 66.1 Å². The van der Waals surface area contributed by atoms with Crippen LogP contribution in [0, 0.1) is 6.92 Å². The summed E-state index contributed by atoms with van der Waals surface area (Å²) in [5, 5.41) is 20.9. The van der Waals surface area contributed by atoms with E-state index < -0.39 is 12.1 Å². The number of anilines is 1. The van der Waals surface area contributed by atoms with Gasteiger partial charge in [-0.1, -0.05) is 75.4 Å². The Morgan fingerprint density at radius 3 is 2.44 bits per heavy atom. The molecule has 5 rings (SSSR count). The third-order valence-electron chi connectivity index (χ3n) is 8.93. The monoisotopic (exact) mass is 667 g/mol. The van der Waals surface area contributed by atoms with Crippen molar-refractivity contribution >= 4 is 28.8 Å². The number of hydrogen-bond acceptors (Lipinski definition) is 7. The maximum absolute atomic E-state index is 14.0. The molecule has 3 N–H and O–H groups in total. The van der Waals surface area contributed by atoms with Crippen LogP contribution < -0.4 is 15.5 Å². The van der Waals surface area contributed by atoms with Crippen LogP contribution >= 0.6 is 11.3 Å². The summed E-state index contributed by atoms with van der Waals surface area (Å²) in [5.74, 6) is -0.442. The average Bonchev–Trinajstić information content (AvgIpc) is 3.73. The van der Waals surface area contributed by atoms with Crippen LogP contribution in [0.1, 0.15) is 87.8 Å². The maximum Gasteiger partial charge on any atom is 0.254 e. The van der Waals surface area contributed by atoms with Gasteiger partial charge >= 0.3 is 0 Å². The molecule has 0 spiro atoms. The summed E-state index contributed by atoms with van der Waals surface area (Å²) in [6, 6.07) is 23.0. The molecule has 0 radical (unpaired) electrons. The summed E-state index contributed by atoms with van der Waals surface area (Å²) in [6.07, 6.45) is 1.38. The first kappa shape index (κ1) is 35.3. The van der Waals surface area contributed by atoms with E-state index in [-0.39, 0.29) is 23.3 Å². The van der Waals surface area contributed by atoms with E-state index in [0.29, 0.717) is 37.2 Å². The van der Waals surface area contributed by atoms with Crippen LogP contribution in [0.25, 0.3) is 0 Å². The number of amides is 2. The molecule has 3 atom stereocenters. The molecular weight excluding hydrogens is 619 g/mol. The lowest BCUT2D eigenvalue weighted by Crippen LogP contribution is -2.48. The second kappa shape index (κ2) is 15.4. The highest BCUT2D eigenvalue weighted by molar-refractivity contribution is 7.09. The minimum Gasteiger partial charge on any atom is -0.390 e. The fourth-order valence-corrected chi connectivity index (χ4v) is 7.08. The van der Waals surface area contributed by atoms with Crippen LogP contribution in [0.5, 0.6) is 0 Å². The van der Waals surface area contributed by atoms with E-state index in [1.165, 1.54) is 5.56 Å². The van der Waals surface area contributed by atoms with Crippen molar-refractivity contribution in [2.24, 2.45) is 0 Å². The molecule has 2 amide bonds. The molecule has 0 bridgehead atoms. The number of carbonyl (C=O) groups is 2. The quantitative estimate of drug-likeness (QED) is 0.165. The summed E-state index contributed by atoms with van der Waals surface area (Å²) in [5.41, 5.74) is 6.01. The fraction of sp³-hybridized carbons (Fsp3) is 0.410. The van der Waals surface area contributed by atoms with E-state index in [1.807, 2.05) is 72.6 Å². The molecule has 9 heteroatoms. The first-order valence-corrected chi connectivity index (χ1v) is 17.7. The molecule has 0 aliphatic carbocycles. The van der Waals surface area contributed by atoms with Crippen LogP contribution in [0.2, 0.25) is 0 Å². The minimum absolute atomic E-state index is 0.0472. The van der Waals surface area contributed by atoms with Crippen LogP contribution in [-0.2, 0) is 18.4 Å². The maximum atomic E-state index is 14.0. The number of likely N-dealkylation sites (tertiary alicyclic amines) is 1. The average molecular weight is 668 g/mol. The number of carbonyl (C=O) groups excluding carboxylic acids is 2. The number of aliphatic hydroxyl groups is 1. The largest absolute Gasteiger partial charge is 0.390 e. The third kappa shape index (κ3) is 8.89. The SMILES string of the molecule is Cc1csc(C2CCCN2C(=O)c2cc(C(=O)N[C@@H](Cc3ccccc3)[C@H](O)CNCc3cccc(C(C)(C)C)c3)cc(N(C)C)c2)n1. The zero-order valence-corrected chi connectivity index (χ0v) is 29.8. The predicted molar refractivity (Wildman–Crippen MR) is 195 cm³/mol. The molecule has 1 fully saturated rings. The summed E-state index contributed by atoms with van der Waals surface area (Å²) in [6.45, 7) is 10.1. The number of thiazole rings is 1. The lowest BCUT2D eigenvalue weighted by atomic mass is 9.86. The van der Waals surface area contributed by atoms with E-state index in [2.05, 4.69) is 60.7 Å². The van der Waals surface area contributed by atoms with E-state index in [9.17, 15) is 14.7 Å². The standard InChI is InChI=1S/C39H49N5O3S/c1-26-25-48-37(41-26)34-16-11-17-44(34)38(47)30-20-29(21-32(22-30)43(5)6)36(46)42-33(19-27-12-8-7-9-13-27)35(45)24-40-23-28-14-10-15-31(18-28)39(2,3)4/h7-10,12-15,18,20-22,25,33-35,40,45H,11,16-17,19,23-24H2,1-6H3,(H,42,46)/t33-,34?,35+/m0/s1. The molecule has 1 unspecified atom stereocenters. The van der Waals surface area contributed by atoms with E-state index in [1.54, 1.807) is 23.5 Å². The lowest BCUT2D eigenvalue weighted by molar-refractivity contribution is 0.0735. The molecule has 1 aliphatic rings. The number of aromatic nitrogens is 1. The molecule has 3 aromatic carbocycles.